The fourth-order valence-electron chi connectivity index (χ4n) is 3.43. The summed E-state index contributed by atoms with van der Waals surface area (Å²) < 4.78 is 10.2. The molecule has 1 aromatic heterocycles. The summed E-state index contributed by atoms with van der Waals surface area (Å²) in [5.41, 5.74) is 0.761. The molecular formula is C22H31NO5S. The molecule has 0 aliphatic heterocycles. The highest BCUT2D eigenvalue weighted by Crippen LogP contribution is 2.33. The van der Waals surface area contributed by atoms with E-state index in [2.05, 4.69) is 22.0 Å². The number of hydrogen-bond donors (Lipinski definition) is 2. The van der Waals surface area contributed by atoms with Crippen LogP contribution >= 0.6 is 11.3 Å². The molecule has 3 atom stereocenters. The molecule has 2 rings (SSSR count). The van der Waals surface area contributed by atoms with Gasteiger partial charge >= 0.3 is 5.97 Å². The predicted octanol–water partition coefficient (Wildman–Crippen LogP) is 4.33. The average Bonchev–Trinajstić information content (AvgIpc) is 3.38. The number of ether oxygens (including phenoxy) is 2. The van der Waals surface area contributed by atoms with Crippen molar-refractivity contribution in [2.24, 2.45) is 17.0 Å². The van der Waals surface area contributed by atoms with Crippen LogP contribution in [0.5, 0.6) is 0 Å². The molecule has 1 aliphatic rings. The smallest absolute Gasteiger partial charge is 0.305 e. The minimum Gasteiger partial charge on any atom is -0.469 e. The Morgan fingerprint density at radius 1 is 1.45 bits per heavy atom. The van der Waals surface area contributed by atoms with E-state index in [0.717, 1.165) is 42.7 Å². The van der Waals surface area contributed by atoms with Crippen LogP contribution in [-0.2, 0) is 20.9 Å². The zero-order valence-corrected chi connectivity index (χ0v) is 17.7. The van der Waals surface area contributed by atoms with E-state index >= 15 is 0 Å². The fourth-order valence-corrected chi connectivity index (χ4v) is 4.08. The summed E-state index contributed by atoms with van der Waals surface area (Å²) in [7, 11) is 1.40. The number of allylic oxidation sites excluding steroid dienone is 3. The molecule has 0 spiro atoms. The van der Waals surface area contributed by atoms with Crippen molar-refractivity contribution in [2.45, 2.75) is 51.2 Å². The van der Waals surface area contributed by atoms with Crippen LogP contribution in [0.1, 0.15) is 43.4 Å². The lowest BCUT2D eigenvalue weighted by molar-refractivity contribution is -0.140. The van der Waals surface area contributed by atoms with Crippen LogP contribution in [0.2, 0.25) is 0 Å². The zero-order valence-electron chi connectivity index (χ0n) is 16.9. The number of esters is 1. The molecule has 1 fully saturated rings. The van der Waals surface area contributed by atoms with Gasteiger partial charge in [-0.15, -0.1) is 11.3 Å². The van der Waals surface area contributed by atoms with Crippen molar-refractivity contribution in [3.05, 3.63) is 46.7 Å². The second kappa shape index (κ2) is 13.3. The molecule has 1 heterocycles. The lowest BCUT2D eigenvalue weighted by Gasteiger charge is -2.15. The molecule has 0 bridgehead atoms. The Morgan fingerprint density at radius 3 is 3.03 bits per heavy atom. The molecule has 1 aliphatic carbocycles. The van der Waals surface area contributed by atoms with Crippen molar-refractivity contribution < 1.29 is 24.6 Å². The second-order valence-corrected chi connectivity index (χ2v) is 8.17. The van der Waals surface area contributed by atoms with Gasteiger partial charge in [-0.3, -0.25) is 4.79 Å². The molecule has 1 saturated carbocycles. The molecular weight excluding hydrogens is 390 g/mol. The molecule has 2 N–H and O–H groups in total. The summed E-state index contributed by atoms with van der Waals surface area (Å²) in [5, 5.41) is 24.9. The largest absolute Gasteiger partial charge is 0.469 e. The van der Waals surface area contributed by atoms with Crippen LogP contribution in [-0.4, -0.2) is 41.8 Å². The van der Waals surface area contributed by atoms with Gasteiger partial charge in [0.25, 0.3) is 0 Å². The predicted molar refractivity (Wildman–Crippen MR) is 114 cm³/mol. The van der Waals surface area contributed by atoms with E-state index in [1.165, 1.54) is 7.11 Å². The summed E-state index contributed by atoms with van der Waals surface area (Å²) >= 11 is 1.63. The summed E-state index contributed by atoms with van der Waals surface area (Å²) in [6.07, 6.45) is 11.8. The number of unbranched alkanes of at least 4 members (excludes halogenated alkanes) is 1. The SMILES string of the molecule is COC(=O)CCC/C=C\C[C@H]1CC/C(=N/O)[C@@H]1/C=C/[C@@H](O)COCc1cccs1. The molecule has 0 unspecified atom stereocenters. The molecule has 0 saturated heterocycles. The van der Waals surface area contributed by atoms with Crippen LogP contribution in [0.15, 0.2) is 47.0 Å². The topological polar surface area (TPSA) is 88.4 Å². The molecule has 0 radical (unpaired) electrons. The number of carbonyl (C=O) groups is 1. The maximum absolute atomic E-state index is 11.1. The van der Waals surface area contributed by atoms with Crippen molar-refractivity contribution >= 4 is 23.0 Å². The number of rotatable bonds is 12. The van der Waals surface area contributed by atoms with Crippen LogP contribution < -0.4 is 0 Å². The van der Waals surface area contributed by atoms with Gasteiger partial charge in [0, 0.05) is 17.2 Å². The number of carbonyl (C=O) groups excluding carboxylic acids is 1. The lowest BCUT2D eigenvalue weighted by atomic mass is 9.91. The number of thiophene rings is 1. The summed E-state index contributed by atoms with van der Waals surface area (Å²) in [6.45, 7) is 0.732. The van der Waals surface area contributed by atoms with Gasteiger partial charge in [0.05, 0.1) is 32.1 Å². The Labute approximate surface area is 176 Å². The first-order valence-electron chi connectivity index (χ1n) is 10.0. The lowest BCUT2D eigenvalue weighted by Crippen LogP contribution is -2.16. The normalized spacial score (nSPS) is 22.1. The second-order valence-electron chi connectivity index (χ2n) is 7.14. The molecule has 1 aromatic rings. The number of hydrogen-bond acceptors (Lipinski definition) is 7. The Hall–Kier alpha value is -1.96. The minimum atomic E-state index is -0.690. The van der Waals surface area contributed by atoms with Gasteiger partial charge < -0.3 is 19.8 Å². The number of oxime groups is 1. The van der Waals surface area contributed by atoms with Crippen molar-refractivity contribution in [1.82, 2.24) is 0 Å². The molecule has 29 heavy (non-hydrogen) atoms. The van der Waals surface area contributed by atoms with Crippen molar-refractivity contribution in [1.29, 1.82) is 0 Å². The minimum absolute atomic E-state index is 0.0201. The Bertz CT molecular complexity index is 683. The van der Waals surface area contributed by atoms with E-state index < -0.39 is 6.10 Å². The first-order valence-corrected chi connectivity index (χ1v) is 10.9. The summed E-state index contributed by atoms with van der Waals surface area (Å²) in [6, 6.07) is 3.98. The van der Waals surface area contributed by atoms with Gasteiger partial charge in [0.2, 0.25) is 0 Å². The third-order valence-corrected chi connectivity index (χ3v) is 5.88. The van der Waals surface area contributed by atoms with Crippen LogP contribution in [0.3, 0.4) is 0 Å². The quantitative estimate of drug-likeness (QED) is 0.172. The van der Waals surface area contributed by atoms with Gasteiger partial charge in [-0.2, -0.15) is 0 Å². The Kier molecular flexibility index (Phi) is 10.7. The van der Waals surface area contributed by atoms with Crippen molar-refractivity contribution in [3.8, 4) is 0 Å². The van der Waals surface area contributed by atoms with Crippen molar-refractivity contribution in [2.75, 3.05) is 13.7 Å². The van der Waals surface area contributed by atoms with E-state index in [1.807, 2.05) is 23.6 Å². The highest BCUT2D eigenvalue weighted by Gasteiger charge is 2.30. The molecule has 6 nitrogen and oxygen atoms in total. The monoisotopic (exact) mass is 421 g/mol. The van der Waals surface area contributed by atoms with E-state index in [9.17, 15) is 15.1 Å². The van der Waals surface area contributed by atoms with E-state index in [0.29, 0.717) is 18.9 Å². The van der Waals surface area contributed by atoms with E-state index in [-0.39, 0.29) is 18.5 Å². The van der Waals surface area contributed by atoms with Gasteiger partial charge in [-0.25, -0.2) is 0 Å². The maximum Gasteiger partial charge on any atom is 0.305 e. The fraction of sp³-hybridized carbons (Fsp3) is 0.545. The third kappa shape index (κ3) is 8.51. The number of methoxy groups -OCH3 is 1. The highest BCUT2D eigenvalue weighted by molar-refractivity contribution is 7.09. The molecule has 0 aromatic carbocycles. The van der Waals surface area contributed by atoms with Gasteiger partial charge in [-0.1, -0.05) is 35.5 Å². The number of aliphatic hydroxyl groups is 1. The Balaban J connectivity index is 1.75. The maximum atomic E-state index is 11.1. The third-order valence-electron chi connectivity index (χ3n) is 5.03. The number of nitrogens with zero attached hydrogens (tertiary/aromatic N) is 1. The molecule has 160 valence electrons. The summed E-state index contributed by atoms with van der Waals surface area (Å²) in [4.78, 5) is 12.2. The Morgan fingerprint density at radius 2 is 2.31 bits per heavy atom. The average molecular weight is 422 g/mol. The standard InChI is InChI=1S/C22H31NO5S/c1-27-22(25)9-5-3-2-4-7-17-10-13-21(23-26)20(17)12-11-18(24)15-28-16-19-8-6-14-29-19/h2,4,6,8,11-12,14,17-18,20,24,26H,3,5,7,9-10,13,15-16H2,1H3/b4-2-,12-11+,23-21-/t17-,18+,20+/m0/s1. The number of aliphatic hydroxyl groups excluding tert-OH is 1. The van der Waals surface area contributed by atoms with Crippen molar-refractivity contribution in [3.63, 3.8) is 0 Å². The highest BCUT2D eigenvalue weighted by atomic mass is 32.1. The molecule has 0 amide bonds. The van der Waals surface area contributed by atoms with Gasteiger partial charge in [0.1, 0.15) is 0 Å². The van der Waals surface area contributed by atoms with E-state index in [4.69, 9.17) is 4.74 Å². The van der Waals surface area contributed by atoms with Crippen LogP contribution in [0.4, 0.5) is 0 Å². The zero-order chi connectivity index (χ0) is 20.9. The first kappa shape index (κ1) is 23.3. The van der Waals surface area contributed by atoms with Crippen LogP contribution in [0, 0.1) is 11.8 Å². The van der Waals surface area contributed by atoms with Gasteiger partial charge in [0.15, 0.2) is 0 Å². The first-order chi connectivity index (χ1) is 14.1. The summed E-state index contributed by atoms with van der Waals surface area (Å²) in [5.74, 6) is 0.182. The van der Waals surface area contributed by atoms with E-state index in [1.54, 1.807) is 17.4 Å². The molecule has 7 heteroatoms. The van der Waals surface area contributed by atoms with Crippen LogP contribution in [0.25, 0.3) is 0 Å². The van der Waals surface area contributed by atoms with Gasteiger partial charge in [-0.05, 0) is 49.5 Å².